The first kappa shape index (κ1) is 38.1. The zero-order valence-corrected chi connectivity index (χ0v) is 36.8. The van der Waals surface area contributed by atoms with Crippen molar-refractivity contribution >= 4 is 75.9 Å². The van der Waals surface area contributed by atoms with Crippen LogP contribution in [0.25, 0.3) is 133 Å². The van der Waals surface area contributed by atoms with Gasteiger partial charge in [0.05, 0.1) is 22.1 Å². The summed E-state index contributed by atoms with van der Waals surface area (Å²) in [7, 11) is 0. The van der Waals surface area contributed by atoms with E-state index < -0.39 is 0 Å². The molecule has 0 fully saturated rings. The van der Waals surface area contributed by atoms with E-state index in [1.54, 1.807) is 0 Å². The number of hydrogen-bond donors (Lipinski definition) is 0. The second-order valence-corrected chi connectivity index (χ2v) is 17.6. The molecule has 0 spiro atoms. The van der Waals surface area contributed by atoms with Crippen molar-refractivity contribution in [3.05, 3.63) is 237 Å². The molecule has 11 aromatic carbocycles. The van der Waals surface area contributed by atoms with Gasteiger partial charge in [-0.25, -0.2) is 15.0 Å². The Bertz CT molecular complexity index is 4320. The topological polar surface area (TPSA) is 48.5 Å². The van der Waals surface area contributed by atoms with E-state index in [-0.39, 0.29) is 0 Å². The molecule has 316 valence electrons. The van der Waals surface area contributed by atoms with Gasteiger partial charge < -0.3 is 9.13 Å². The first-order valence-electron chi connectivity index (χ1n) is 23.1. The minimum atomic E-state index is 0.625. The van der Waals surface area contributed by atoms with Crippen molar-refractivity contribution < 1.29 is 0 Å². The molecule has 14 rings (SSSR count). The van der Waals surface area contributed by atoms with Crippen molar-refractivity contribution in [2.75, 3.05) is 0 Å². The summed E-state index contributed by atoms with van der Waals surface area (Å²) in [6.45, 7) is 0. The highest BCUT2D eigenvalue weighted by molar-refractivity contribution is 6.19. The molecule has 68 heavy (non-hydrogen) atoms. The van der Waals surface area contributed by atoms with Gasteiger partial charge in [0, 0.05) is 55.0 Å². The third-order valence-electron chi connectivity index (χ3n) is 13.7. The van der Waals surface area contributed by atoms with E-state index in [9.17, 15) is 0 Å². The van der Waals surface area contributed by atoms with Gasteiger partial charge in [0.15, 0.2) is 17.5 Å². The largest absolute Gasteiger partial charge is 0.309 e. The van der Waals surface area contributed by atoms with Gasteiger partial charge in [-0.15, -0.1) is 0 Å². The molecule has 0 saturated heterocycles. The number of benzene rings is 11. The fraction of sp³-hybridized carbons (Fsp3) is 0. The fourth-order valence-corrected chi connectivity index (χ4v) is 10.6. The second kappa shape index (κ2) is 15.2. The minimum absolute atomic E-state index is 0.625. The molecule has 3 aromatic heterocycles. The van der Waals surface area contributed by atoms with Crippen LogP contribution < -0.4 is 0 Å². The van der Waals surface area contributed by atoms with Gasteiger partial charge in [0.1, 0.15) is 0 Å². The highest BCUT2D eigenvalue weighted by Gasteiger charge is 2.20. The van der Waals surface area contributed by atoms with E-state index in [1.807, 2.05) is 24.3 Å². The molecule has 0 aliphatic heterocycles. The zero-order chi connectivity index (χ0) is 44.7. The molecule has 5 nitrogen and oxygen atoms in total. The number of rotatable bonds is 6. The summed E-state index contributed by atoms with van der Waals surface area (Å²) in [6.07, 6.45) is 0. The van der Waals surface area contributed by atoms with Crippen molar-refractivity contribution in [1.29, 1.82) is 0 Å². The maximum absolute atomic E-state index is 5.31. The Morgan fingerprint density at radius 2 is 0.794 bits per heavy atom. The Morgan fingerprint density at radius 1 is 0.250 bits per heavy atom. The zero-order valence-electron chi connectivity index (χ0n) is 36.8. The molecule has 0 radical (unpaired) electrons. The third-order valence-corrected chi connectivity index (χ3v) is 13.7. The average Bonchev–Trinajstić information content (AvgIpc) is 3.93. The van der Waals surface area contributed by atoms with E-state index in [0.717, 1.165) is 61.0 Å². The van der Waals surface area contributed by atoms with Gasteiger partial charge >= 0.3 is 0 Å². The van der Waals surface area contributed by atoms with E-state index in [4.69, 9.17) is 15.0 Å². The monoisotopic (exact) mass is 865 g/mol. The SMILES string of the molecule is c1ccc(-c2nc(-c3ccccc3-c3ccccc3)nc(-c3cccc4ccc(-n5c6ccccc6c6cc7cc(-n8c9ccccc9c9ccc%10ccccc%10c98)ccc7cc65)cc34)n2)cc1. The smallest absolute Gasteiger partial charge is 0.164 e. The molecule has 0 atom stereocenters. The van der Waals surface area contributed by atoms with Crippen LogP contribution in [0.3, 0.4) is 0 Å². The molecule has 3 heterocycles. The minimum Gasteiger partial charge on any atom is -0.309 e. The molecule has 5 heteroatoms. The lowest BCUT2D eigenvalue weighted by Crippen LogP contribution is -2.01. The van der Waals surface area contributed by atoms with E-state index in [1.165, 1.54) is 54.1 Å². The van der Waals surface area contributed by atoms with Gasteiger partial charge in [-0.3, -0.25) is 0 Å². The van der Waals surface area contributed by atoms with E-state index in [0.29, 0.717) is 17.5 Å². The molecule has 0 N–H and O–H groups in total. The van der Waals surface area contributed by atoms with Gasteiger partial charge in [0.25, 0.3) is 0 Å². The quantitative estimate of drug-likeness (QED) is 0.167. The number of nitrogens with zero attached hydrogens (tertiary/aromatic N) is 5. The average molecular weight is 866 g/mol. The second-order valence-electron chi connectivity index (χ2n) is 17.6. The summed E-state index contributed by atoms with van der Waals surface area (Å²) < 4.78 is 4.87. The predicted molar refractivity (Wildman–Crippen MR) is 283 cm³/mol. The summed E-state index contributed by atoms with van der Waals surface area (Å²) in [5.74, 6) is 1.88. The Hall–Kier alpha value is -9.19. The van der Waals surface area contributed by atoms with E-state index >= 15 is 0 Å². The van der Waals surface area contributed by atoms with Crippen LogP contribution in [0, 0.1) is 0 Å². The highest BCUT2D eigenvalue weighted by atomic mass is 15.0. The van der Waals surface area contributed by atoms with Crippen LogP contribution >= 0.6 is 0 Å². The van der Waals surface area contributed by atoms with Gasteiger partial charge in [-0.2, -0.15) is 0 Å². The Morgan fingerprint density at radius 3 is 1.59 bits per heavy atom. The lowest BCUT2D eigenvalue weighted by molar-refractivity contribution is 1.08. The van der Waals surface area contributed by atoms with Crippen LogP contribution in [-0.4, -0.2) is 24.1 Å². The fourth-order valence-electron chi connectivity index (χ4n) is 10.6. The van der Waals surface area contributed by atoms with Crippen LogP contribution in [0.5, 0.6) is 0 Å². The third kappa shape index (κ3) is 5.99. The molecular formula is C63H39N5. The van der Waals surface area contributed by atoms with Crippen LogP contribution in [0.15, 0.2) is 237 Å². The lowest BCUT2D eigenvalue weighted by atomic mass is 9.99. The molecule has 0 aliphatic carbocycles. The first-order valence-corrected chi connectivity index (χ1v) is 23.1. The van der Waals surface area contributed by atoms with Gasteiger partial charge in [0.2, 0.25) is 0 Å². The standard InChI is InChI=1S/C63H39N5/c1-3-16-40(17-4-1)48-22-9-10-26-53(48)62-64-61(43-19-5-2-6-20-43)65-63(66-62)54-27-15-21-42-30-33-47(39-55(42)54)67-57-28-13-12-25-51(57)56-37-45-36-46(34-31-44(45)38-59(56)67)68-58-29-14-11-24-50(58)52-35-32-41-18-7-8-23-49(41)60(52)68/h1-39H. The molecule has 0 amide bonds. The first-order chi connectivity index (χ1) is 33.7. The number of aromatic nitrogens is 5. The molecule has 14 aromatic rings. The van der Waals surface area contributed by atoms with Crippen LogP contribution in [0.1, 0.15) is 0 Å². The molecule has 0 aliphatic rings. The molecule has 0 saturated carbocycles. The summed E-state index contributed by atoms with van der Waals surface area (Å²) in [5.41, 5.74) is 12.0. The van der Waals surface area contributed by atoms with Gasteiger partial charge in [-0.1, -0.05) is 188 Å². The molecular weight excluding hydrogens is 827 g/mol. The molecule has 0 unspecified atom stereocenters. The number of fused-ring (bicyclic) bond motifs is 10. The van der Waals surface area contributed by atoms with Crippen molar-refractivity contribution in [2.45, 2.75) is 0 Å². The maximum Gasteiger partial charge on any atom is 0.164 e. The molecule has 0 bridgehead atoms. The Balaban J connectivity index is 0.952. The van der Waals surface area contributed by atoms with Crippen LogP contribution in [0.2, 0.25) is 0 Å². The highest BCUT2D eigenvalue weighted by Crippen LogP contribution is 2.41. The van der Waals surface area contributed by atoms with Crippen LogP contribution in [-0.2, 0) is 0 Å². The maximum atomic E-state index is 5.31. The van der Waals surface area contributed by atoms with Crippen LogP contribution in [0.4, 0.5) is 0 Å². The summed E-state index contributed by atoms with van der Waals surface area (Å²) in [6, 6.07) is 84.7. The number of para-hydroxylation sites is 2. The van der Waals surface area contributed by atoms with Crippen molar-refractivity contribution in [3.63, 3.8) is 0 Å². The summed E-state index contributed by atoms with van der Waals surface area (Å²) in [4.78, 5) is 15.7. The van der Waals surface area contributed by atoms with Crippen molar-refractivity contribution in [3.8, 4) is 56.7 Å². The lowest BCUT2D eigenvalue weighted by Gasteiger charge is -2.14. The summed E-state index contributed by atoms with van der Waals surface area (Å²) in [5, 5.41) is 12.0. The number of hydrogen-bond acceptors (Lipinski definition) is 3. The Labute approximate surface area is 391 Å². The Kier molecular flexibility index (Phi) is 8.52. The van der Waals surface area contributed by atoms with Crippen molar-refractivity contribution in [2.24, 2.45) is 0 Å². The van der Waals surface area contributed by atoms with E-state index in [2.05, 4.69) is 221 Å². The normalized spacial score (nSPS) is 11.8. The van der Waals surface area contributed by atoms with Crippen molar-refractivity contribution in [1.82, 2.24) is 24.1 Å². The predicted octanol–water partition coefficient (Wildman–Crippen LogP) is 16.2. The van der Waals surface area contributed by atoms with Gasteiger partial charge in [-0.05, 0) is 86.6 Å². The summed E-state index contributed by atoms with van der Waals surface area (Å²) >= 11 is 0.